The summed E-state index contributed by atoms with van der Waals surface area (Å²) in [6.45, 7) is 5.79. The number of hydroxylamine groups is 1. The molecule has 0 saturated heterocycles. The van der Waals surface area contributed by atoms with E-state index in [0.29, 0.717) is 17.8 Å². The number of nitrogen functional groups attached to an aromatic ring is 1. The molecule has 1 aromatic carbocycles. The van der Waals surface area contributed by atoms with E-state index in [-0.39, 0.29) is 5.60 Å². The number of fused-ring (bicyclic) bond motifs is 1. The van der Waals surface area contributed by atoms with Gasteiger partial charge in [-0.3, -0.25) is 4.84 Å². The van der Waals surface area contributed by atoms with Gasteiger partial charge in [0.25, 0.3) is 0 Å². The van der Waals surface area contributed by atoms with E-state index in [1.807, 2.05) is 44.9 Å². The van der Waals surface area contributed by atoms with E-state index in [2.05, 4.69) is 0 Å². The van der Waals surface area contributed by atoms with Crippen LogP contribution in [0.2, 0.25) is 0 Å². The van der Waals surface area contributed by atoms with Crippen LogP contribution in [0, 0.1) is 0 Å². The average Bonchev–Trinajstić information content (AvgIpc) is 2.54. The standard InChI is InChI=1S/C13H16N2O2/c1-13(2,3)17-15-11(8-16)6-9-4-5-10(14)7-12(9)15/h4-5,7H,6,14H2,1-3H3. The molecule has 1 aromatic rings. The summed E-state index contributed by atoms with van der Waals surface area (Å²) in [5.74, 6) is 1.93. The van der Waals surface area contributed by atoms with Gasteiger partial charge in [0.1, 0.15) is 11.6 Å². The fraction of sp³-hybridized carbons (Fsp3) is 0.385. The minimum atomic E-state index is -0.381. The minimum absolute atomic E-state index is 0.381. The maximum absolute atomic E-state index is 10.9. The van der Waals surface area contributed by atoms with Crippen LogP contribution in [0.1, 0.15) is 26.3 Å². The van der Waals surface area contributed by atoms with Crippen molar-refractivity contribution >= 4 is 17.3 Å². The van der Waals surface area contributed by atoms with Gasteiger partial charge in [0.2, 0.25) is 0 Å². The molecule has 0 unspecified atom stereocenters. The second-order valence-corrected chi connectivity index (χ2v) is 5.11. The molecular formula is C13H16N2O2. The van der Waals surface area contributed by atoms with E-state index in [9.17, 15) is 4.79 Å². The van der Waals surface area contributed by atoms with Crippen LogP contribution in [0.15, 0.2) is 23.9 Å². The van der Waals surface area contributed by atoms with Crippen LogP contribution in [0.3, 0.4) is 0 Å². The lowest BCUT2D eigenvalue weighted by Gasteiger charge is -2.28. The second kappa shape index (κ2) is 3.91. The Bertz CT molecular complexity index is 497. The number of nitrogens with zero attached hydrogens (tertiary/aromatic N) is 1. The third kappa shape index (κ3) is 2.33. The zero-order chi connectivity index (χ0) is 12.6. The summed E-state index contributed by atoms with van der Waals surface area (Å²) in [5.41, 5.74) is 8.37. The predicted octanol–water partition coefficient (Wildman–Crippen LogP) is 2.08. The molecule has 2 rings (SSSR count). The van der Waals surface area contributed by atoms with Crippen molar-refractivity contribution in [3.05, 3.63) is 29.5 Å². The summed E-state index contributed by atoms with van der Waals surface area (Å²) in [5, 5.41) is 1.54. The molecule has 0 aliphatic carbocycles. The number of hydrogen-bond acceptors (Lipinski definition) is 4. The predicted molar refractivity (Wildman–Crippen MR) is 67.1 cm³/mol. The number of carbonyl (C=O) groups excluding carboxylic acids is 1. The molecule has 1 aliphatic rings. The van der Waals surface area contributed by atoms with Crippen LogP contribution >= 0.6 is 0 Å². The van der Waals surface area contributed by atoms with Gasteiger partial charge in [-0.2, -0.15) is 0 Å². The fourth-order valence-electron chi connectivity index (χ4n) is 1.77. The van der Waals surface area contributed by atoms with Crippen molar-refractivity contribution < 1.29 is 9.63 Å². The zero-order valence-electron chi connectivity index (χ0n) is 10.3. The maximum Gasteiger partial charge on any atom is 0.148 e. The van der Waals surface area contributed by atoms with Crippen LogP contribution < -0.4 is 10.8 Å². The number of anilines is 2. The third-order valence-electron chi connectivity index (χ3n) is 2.41. The molecule has 0 aromatic heterocycles. The SMILES string of the molecule is CC(C)(C)ON1C(=C=O)Cc2ccc(N)cc21. The molecule has 1 heterocycles. The van der Waals surface area contributed by atoms with Crippen molar-refractivity contribution in [3.63, 3.8) is 0 Å². The maximum atomic E-state index is 10.9. The topological polar surface area (TPSA) is 55.6 Å². The lowest BCUT2D eigenvalue weighted by Crippen LogP contribution is -2.32. The lowest BCUT2D eigenvalue weighted by molar-refractivity contribution is -0.00803. The second-order valence-electron chi connectivity index (χ2n) is 5.11. The summed E-state index contributed by atoms with van der Waals surface area (Å²) >= 11 is 0. The van der Waals surface area contributed by atoms with Gasteiger partial charge in [0, 0.05) is 12.1 Å². The Kier molecular flexibility index (Phi) is 2.69. The van der Waals surface area contributed by atoms with Crippen molar-refractivity contribution in [2.45, 2.75) is 32.8 Å². The highest BCUT2D eigenvalue weighted by atomic mass is 16.7. The molecule has 1 aliphatic heterocycles. The normalized spacial score (nSPS) is 14.8. The number of allylic oxidation sites excluding steroid dienone is 1. The Balaban J connectivity index is 2.43. The molecule has 4 nitrogen and oxygen atoms in total. The molecule has 0 fully saturated rings. The van der Waals surface area contributed by atoms with Gasteiger partial charge in [0.05, 0.1) is 11.3 Å². The fourth-order valence-corrected chi connectivity index (χ4v) is 1.77. The van der Waals surface area contributed by atoms with Crippen LogP contribution in [0.25, 0.3) is 0 Å². The summed E-state index contributed by atoms with van der Waals surface area (Å²) in [6.07, 6.45) is 0.537. The van der Waals surface area contributed by atoms with E-state index < -0.39 is 0 Å². The van der Waals surface area contributed by atoms with Gasteiger partial charge >= 0.3 is 0 Å². The van der Waals surface area contributed by atoms with Gasteiger partial charge in [0.15, 0.2) is 0 Å². The van der Waals surface area contributed by atoms with E-state index in [1.165, 1.54) is 0 Å². The number of rotatable bonds is 1. The van der Waals surface area contributed by atoms with Gasteiger partial charge in [-0.1, -0.05) is 6.07 Å². The quantitative estimate of drug-likeness (QED) is 0.595. The molecule has 0 bridgehead atoms. The smallest absolute Gasteiger partial charge is 0.148 e. The van der Waals surface area contributed by atoms with E-state index >= 15 is 0 Å². The van der Waals surface area contributed by atoms with Crippen LogP contribution in [-0.4, -0.2) is 11.5 Å². The number of hydrogen-bond donors (Lipinski definition) is 1. The average molecular weight is 232 g/mol. The molecule has 2 N–H and O–H groups in total. The number of benzene rings is 1. The Labute approximate surface area is 101 Å². The Hall–Kier alpha value is -1.77. The van der Waals surface area contributed by atoms with Crippen molar-refractivity contribution in [1.82, 2.24) is 0 Å². The molecule has 0 atom stereocenters. The third-order valence-corrected chi connectivity index (χ3v) is 2.41. The highest BCUT2D eigenvalue weighted by Gasteiger charge is 2.29. The Morgan fingerprint density at radius 3 is 2.71 bits per heavy atom. The van der Waals surface area contributed by atoms with Crippen LogP contribution in [-0.2, 0) is 16.1 Å². The highest BCUT2D eigenvalue weighted by molar-refractivity contribution is 5.74. The first-order valence-electron chi connectivity index (χ1n) is 5.52. The Morgan fingerprint density at radius 2 is 2.12 bits per heavy atom. The first-order valence-corrected chi connectivity index (χ1v) is 5.52. The lowest BCUT2D eigenvalue weighted by atomic mass is 10.1. The monoisotopic (exact) mass is 232 g/mol. The van der Waals surface area contributed by atoms with Gasteiger partial charge < -0.3 is 5.73 Å². The zero-order valence-corrected chi connectivity index (χ0v) is 10.3. The van der Waals surface area contributed by atoms with Crippen molar-refractivity contribution in [1.29, 1.82) is 0 Å². The highest BCUT2D eigenvalue weighted by Crippen LogP contribution is 2.36. The first kappa shape index (κ1) is 11.7. The molecule has 4 heteroatoms. The number of nitrogens with two attached hydrogens (primary N) is 1. The van der Waals surface area contributed by atoms with Gasteiger partial charge in [-0.05, 0) is 38.5 Å². The van der Waals surface area contributed by atoms with Gasteiger partial charge in [-0.25, -0.2) is 9.86 Å². The molecular weight excluding hydrogens is 216 g/mol. The molecule has 0 saturated carbocycles. The van der Waals surface area contributed by atoms with E-state index in [1.54, 1.807) is 5.06 Å². The van der Waals surface area contributed by atoms with Crippen molar-refractivity contribution in [2.24, 2.45) is 0 Å². The summed E-state index contributed by atoms with van der Waals surface area (Å²) in [4.78, 5) is 16.7. The van der Waals surface area contributed by atoms with E-state index in [4.69, 9.17) is 10.6 Å². The molecule has 90 valence electrons. The van der Waals surface area contributed by atoms with Crippen LogP contribution in [0.4, 0.5) is 11.4 Å². The minimum Gasteiger partial charge on any atom is -0.399 e. The van der Waals surface area contributed by atoms with Crippen molar-refractivity contribution in [3.8, 4) is 0 Å². The van der Waals surface area contributed by atoms with Crippen molar-refractivity contribution in [2.75, 3.05) is 10.8 Å². The van der Waals surface area contributed by atoms with Gasteiger partial charge in [-0.15, -0.1) is 0 Å². The summed E-state index contributed by atoms with van der Waals surface area (Å²) < 4.78 is 0. The molecule has 0 spiro atoms. The molecule has 0 radical (unpaired) electrons. The van der Waals surface area contributed by atoms with E-state index in [0.717, 1.165) is 11.3 Å². The summed E-state index contributed by atoms with van der Waals surface area (Å²) in [7, 11) is 0. The summed E-state index contributed by atoms with van der Waals surface area (Å²) in [6, 6.07) is 5.54. The van der Waals surface area contributed by atoms with Crippen LogP contribution in [0.5, 0.6) is 0 Å². The Morgan fingerprint density at radius 1 is 1.41 bits per heavy atom. The molecule has 0 amide bonds. The largest absolute Gasteiger partial charge is 0.399 e. The first-order chi connectivity index (χ1) is 7.90. The molecule has 17 heavy (non-hydrogen) atoms.